The molecule has 1 N–H and O–H groups in total. The third kappa shape index (κ3) is 6.17. The Balaban J connectivity index is 1.60. The van der Waals surface area contributed by atoms with Gasteiger partial charge in [-0.3, -0.25) is 0 Å². The van der Waals surface area contributed by atoms with Crippen LogP contribution in [0.5, 0.6) is 11.5 Å². The molecule has 0 spiro atoms. The van der Waals surface area contributed by atoms with Gasteiger partial charge in [-0.2, -0.15) is 0 Å². The Morgan fingerprint density at radius 1 is 0.622 bits per heavy atom. The summed E-state index contributed by atoms with van der Waals surface area (Å²) < 4.78 is 12.1. The van der Waals surface area contributed by atoms with E-state index in [1.54, 1.807) is 0 Å². The van der Waals surface area contributed by atoms with E-state index in [0.29, 0.717) is 18.8 Å². The molecule has 0 aromatic heterocycles. The van der Waals surface area contributed by atoms with Gasteiger partial charge in [0, 0.05) is 18.4 Å². The molecule has 37 heavy (non-hydrogen) atoms. The van der Waals surface area contributed by atoms with Gasteiger partial charge in [-0.1, -0.05) is 97.1 Å². The molecule has 5 rings (SSSR count). The van der Waals surface area contributed by atoms with Crippen LogP contribution in [0.2, 0.25) is 0 Å². The minimum atomic E-state index is -1.00. The summed E-state index contributed by atoms with van der Waals surface area (Å²) in [7, 11) is 0. The average Bonchev–Trinajstić information content (AvgIpc) is 2.93. The number of aliphatic carboxylic acids is 1. The van der Waals surface area contributed by atoms with Crippen LogP contribution >= 0.6 is 0 Å². The van der Waals surface area contributed by atoms with E-state index in [0.717, 1.165) is 45.2 Å². The highest BCUT2D eigenvalue weighted by molar-refractivity contribution is 5.90. The molecular weight excluding hydrogens is 460 g/mol. The highest BCUT2D eigenvalue weighted by Gasteiger charge is 2.16. The Morgan fingerprint density at radius 2 is 1.22 bits per heavy atom. The maximum atomic E-state index is 11.3. The third-order valence-corrected chi connectivity index (χ3v) is 6.32. The van der Waals surface area contributed by atoms with Crippen molar-refractivity contribution >= 4 is 16.7 Å². The number of hydrogen-bond donors (Lipinski definition) is 1. The zero-order valence-corrected chi connectivity index (χ0v) is 20.5. The number of benzene rings is 5. The van der Waals surface area contributed by atoms with E-state index in [9.17, 15) is 9.90 Å². The smallest absolute Gasteiger partial charge is 0.341 e. The molecule has 0 fully saturated rings. The second-order valence-electron chi connectivity index (χ2n) is 9.00. The van der Waals surface area contributed by atoms with Crippen LogP contribution in [-0.4, -0.2) is 17.7 Å². The zero-order chi connectivity index (χ0) is 25.5. The van der Waals surface area contributed by atoms with E-state index in [1.807, 2.05) is 66.7 Å². The van der Waals surface area contributed by atoms with Gasteiger partial charge in [0.2, 0.25) is 0 Å². The molecule has 0 bridgehead atoms. The van der Waals surface area contributed by atoms with Crippen molar-refractivity contribution in [3.8, 4) is 11.5 Å². The van der Waals surface area contributed by atoms with E-state index < -0.39 is 12.6 Å². The number of carbonyl (C=O) groups is 1. The van der Waals surface area contributed by atoms with Crippen molar-refractivity contribution < 1.29 is 19.4 Å². The van der Waals surface area contributed by atoms with Crippen molar-refractivity contribution in [2.75, 3.05) is 6.61 Å². The lowest BCUT2D eigenvalue weighted by Gasteiger charge is -2.18. The van der Waals surface area contributed by atoms with Crippen molar-refractivity contribution in [3.63, 3.8) is 0 Å². The minimum absolute atomic E-state index is 0.392. The Morgan fingerprint density at radius 3 is 1.84 bits per heavy atom. The molecule has 5 aromatic carbocycles. The molecule has 0 aliphatic carbocycles. The first-order valence-corrected chi connectivity index (χ1v) is 12.3. The van der Waals surface area contributed by atoms with Crippen LogP contribution in [0.4, 0.5) is 0 Å². The zero-order valence-electron chi connectivity index (χ0n) is 20.5. The van der Waals surface area contributed by atoms with E-state index in [1.165, 1.54) is 5.56 Å². The van der Waals surface area contributed by atoms with Crippen molar-refractivity contribution in [2.24, 2.45) is 0 Å². The molecule has 4 heteroatoms. The molecule has 0 radical (unpaired) electrons. The van der Waals surface area contributed by atoms with Gasteiger partial charge in [0.25, 0.3) is 0 Å². The summed E-state index contributed by atoms with van der Waals surface area (Å²) in [5.41, 5.74) is 5.46. The molecule has 0 atom stereocenters. The monoisotopic (exact) mass is 488 g/mol. The number of carboxylic acid groups (broad SMARTS) is 1. The number of ether oxygens (including phenoxy) is 2. The molecule has 4 nitrogen and oxygen atoms in total. The summed E-state index contributed by atoms with van der Waals surface area (Å²) in [6, 6.07) is 38.7. The van der Waals surface area contributed by atoms with Crippen molar-refractivity contribution in [1.82, 2.24) is 0 Å². The molecule has 0 aliphatic heterocycles. The molecule has 184 valence electrons. The van der Waals surface area contributed by atoms with Gasteiger partial charge in [0.05, 0.1) is 0 Å². The second kappa shape index (κ2) is 11.4. The summed E-state index contributed by atoms with van der Waals surface area (Å²) in [4.78, 5) is 11.3. The second-order valence-corrected chi connectivity index (χ2v) is 9.00. The Kier molecular flexibility index (Phi) is 7.47. The lowest BCUT2D eigenvalue weighted by atomic mass is 9.94. The van der Waals surface area contributed by atoms with Crippen LogP contribution in [0.3, 0.4) is 0 Å². The topological polar surface area (TPSA) is 55.8 Å². The Labute approximate surface area is 216 Å². The van der Waals surface area contributed by atoms with Crippen LogP contribution in [0, 0.1) is 0 Å². The number of rotatable bonds is 10. The predicted octanol–water partition coefficient (Wildman–Crippen LogP) is 7.06. The first-order valence-electron chi connectivity index (χ1n) is 12.3. The molecule has 0 saturated carbocycles. The van der Waals surface area contributed by atoms with Crippen LogP contribution in [0.1, 0.15) is 27.8 Å². The fourth-order valence-electron chi connectivity index (χ4n) is 4.52. The fraction of sp³-hybridized carbons (Fsp3) is 0.121. The summed E-state index contributed by atoms with van der Waals surface area (Å²) in [5.74, 6) is 0.379. The van der Waals surface area contributed by atoms with Crippen LogP contribution in [0.15, 0.2) is 115 Å². The summed E-state index contributed by atoms with van der Waals surface area (Å²) in [6.45, 7) is 0.0636. The van der Waals surface area contributed by atoms with Crippen molar-refractivity contribution in [1.29, 1.82) is 0 Å². The van der Waals surface area contributed by atoms with Crippen molar-refractivity contribution in [2.45, 2.75) is 19.4 Å². The first kappa shape index (κ1) is 24.1. The maximum absolute atomic E-state index is 11.3. The Hall–Kier alpha value is -4.57. The summed E-state index contributed by atoms with van der Waals surface area (Å²) in [6.07, 6.45) is 1.36. The first-order chi connectivity index (χ1) is 18.2. The minimum Gasteiger partial charge on any atom is -0.489 e. The SMILES string of the molecule is O=C(O)COc1ccc2cc(Cc3ccccc3)c(OCc3ccccc3)cc2c1Cc1ccccc1. The van der Waals surface area contributed by atoms with E-state index in [4.69, 9.17) is 9.47 Å². The normalized spacial score (nSPS) is 10.8. The highest BCUT2D eigenvalue weighted by atomic mass is 16.5. The lowest BCUT2D eigenvalue weighted by molar-refractivity contribution is -0.139. The lowest BCUT2D eigenvalue weighted by Crippen LogP contribution is -2.11. The average molecular weight is 489 g/mol. The molecule has 0 saturated heterocycles. The third-order valence-electron chi connectivity index (χ3n) is 6.32. The Bertz CT molecular complexity index is 1480. The standard InChI is InChI=1S/C33H28O4/c34-33(35)23-37-31-17-16-27-20-28(18-24-10-4-1-5-11-24)32(36-22-26-14-8-3-9-15-26)21-29(27)30(31)19-25-12-6-2-7-13-25/h1-17,20-21H,18-19,22-23H2,(H,34,35). The van der Waals surface area contributed by atoms with E-state index in [2.05, 4.69) is 48.5 Å². The van der Waals surface area contributed by atoms with Gasteiger partial charge < -0.3 is 14.6 Å². The molecule has 0 aliphatic rings. The molecule has 0 amide bonds. The van der Waals surface area contributed by atoms with Gasteiger partial charge in [-0.05, 0) is 51.2 Å². The van der Waals surface area contributed by atoms with Gasteiger partial charge >= 0.3 is 5.97 Å². The number of hydrogen-bond acceptors (Lipinski definition) is 3. The van der Waals surface area contributed by atoms with Crippen molar-refractivity contribution in [3.05, 3.63) is 143 Å². The van der Waals surface area contributed by atoms with Gasteiger partial charge in [0.1, 0.15) is 18.1 Å². The maximum Gasteiger partial charge on any atom is 0.341 e. The largest absolute Gasteiger partial charge is 0.489 e. The molecule has 5 aromatic rings. The molecule has 0 unspecified atom stereocenters. The molecular formula is C33H28O4. The van der Waals surface area contributed by atoms with Gasteiger partial charge in [-0.15, -0.1) is 0 Å². The van der Waals surface area contributed by atoms with Crippen LogP contribution in [0.25, 0.3) is 10.8 Å². The van der Waals surface area contributed by atoms with Gasteiger partial charge in [-0.25, -0.2) is 4.79 Å². The number of carboxylic acids is 1. The highest BCUT2D eigenvalue weighted by Crippen LogP contribution is 2.36. The van der Waals surface area contributed by atoms with Gasteiger partial charge in [0.15, 0.2) is 6.61 Å². The van der Waals surface area contributed by atoms with E-state index >= 15 is 0 Å². The van der Waals surface area contributed by atoms with Crippen LogP contribution < -0.4 is 9.47 Å². The molecule has 0 heterocycles. The predicted molar refractivity (Wildman–Crippen MR) is 146 cm³/mol. The summed E-state index contributed by atoms with van der Waals surface area (Å²) >= 11 is 0. The van der Waals surface area contributed by atoms with E-state index in [-0.39, 0.29) is 0 Å². The summed E-state index contributed by atoms with van der Waals surface area (Å²) in [5, 5.41) is 11.3. The number of fused-ring (bicyclic) bond motifs is 1. The quantitative estimate of drug-likeness (QED) is 0.229. The van der Waals surface area contributed by atoms with Crippen LogP contribution in [-0.2, 0) is 24.2 Å². The fourth-order valence-corrected chi connectivity index (χ4v) is 4.52.